The Bertz CT molecular complexity index is 787. The van der Waals surface area contributed by atoms with Gasteiger partial charge in [0.15, 0.2) is 0 Å². The molecule has 2 nitrogen and oxygen atoms in total. The lowest BCUT2D eigenvalue weighted by Crippen LogP contribution is -1.91. The van der Waals surface area contributed by atoms with Crippen molar-refractivity contribution in [2.45, 2.75) is 16.7 Å². The third-order valence-corrected chi connectivity index (χ3v) is 4.21. The van der Waals surface area contributed by atoms with Crippen LogP contribution in [0.1, 0.15) is 5.69 Å². The summed E-state index contributed by atoms with van der Waals surface area (Å²) in [7, 11) is 0. The summed E-state index contributed by atoms with van der Waals surface area (Å²) in [5.41, 5.74) is 7.58. The van der Waals surface area contributed by atoms with E-state index in [-0.39, 0.29) is 5.82 Å². The van der Waals surface area contributed by atoms with Gasteiger partial charge < -0.3 is 5.73 Å². The minimum absolute atomic E-state index is 0.215. The summed E-state index contributed by atoms with van der Waals surface area (Å²) in [4.78, 5) is 5.85. The van der Waals surface area contributed by atoms with Crippen LogP contribution in [0.4, 0.5) is 10.1 Å². The number of fused-ring (bicyclic) bond motifs is 1. The SMILES string of the molecule is Cc1cc2c(Sc3ccccc3F)ccc(N)c2cn1. The van der Waals surface area contributed by atoms with E-state index in [1.807, 2.05) is 31.2 Å². The minimum Gasteiger partial charge on any atom is -0.398 e. The number of nitrogens with two attached hydrogens (primary N) is 1. The van der Waals surface area contributed by atoms with Gasteiger partial charge in [0.25, 0.3) is 0 Å². The first-order chi connectivity index (χ1) is 9.65. The Kier molecular flexibility index (Phi) is 3.32. The van der Waals surface area contributed by atoms with Crippen molar-refractivity contribution in [3.63, 3.8) is 0 Å². The smallest absolute Gasteiger partial charge is 0.137 e. The van der Waals surface area contributed by atoms with Crippen LogP contribution >= 0.6 is 11.8 Å². The topological polar surface area (TPSA) is 38.9 Å². The second-order valence-electron chi connectivity index (χ2n) is 4.56. The average Bonchev–Trinajstić information content (AvgIpc) is 2.44. The fraction of sp³-hybridized carbons (Fsp3) is 0.0625. The van der Waals surface area contributed by atoms with Gasteiger partial charge in [0.2, 0.25) is 0 Å². The van der Waals surface area contributed by atoms with Crippen molar-refractivity contribution in [1.29, 1.82) is 0 Å². The van der Waals surface area contributed by atoms with Crippen molar-refractivity contribution in [1.82, 2.24) is 4.98 Å². The van der Waals surface area contributed by atoms with Gasteiger partial charge in [0.1, 0.15) is 5.82 Å². The lowest BCUT2D eigenvalue weighted by molar-refractivity contribution is 0.602. The third-order valence-electron chi connectivity index (χ3n) is 3.09. The molecule has 100 valence electrons. The molecule has 3 aromatic rings. The van der Waals surface area contributed by atoms with Gasteiger partial charge in [-0.15, -0.1) is 0 Å². The average molecular weight is 284 g/mol. The Balaban J connectivity index is 2.15. The molecule has 0 spiro atoms. The Hall–Kier alpha value is -2.07. The highest BCUT2D eigenvalue weighted by Gasteiger charge is 2.09. The van der Waals surface area contributed by atoms with Crippen LogP contribution in [0.3, 0.4) is 0 Å². The number of nitrogen functional groups attached to an aromatic ring is 1. The van der Waals surface area contributed by atoms with Gasteiger partial charge in [0.05, 0.1) is 0 Å². The van der Waals surface area contributed by atoms with Crippen LogP contribution in [0.5, 0.6) is 0 Å². The standard InChI is InChI=1S/C16H13FN2S/c1-10-8-11-12(9-19-10)14(18)6-7-15(11)20-16-5-3-2-4-13(16)17/h2-9H,18H2,1H3. The molecule has 1 heterocycles. The molecule has 0 unspecified atom stereocenters. The second-order valence-corrected chi connectivity index (χ2v) is 5.64. The van der Waals surface area contributed by atoms with Crippen LogP contribution < -0.4 is 5.73 Å². The van der Waals surface area contributed by atoms with Gasteiger partial charge >= 0.3 is 0 Å². The van der Waals surface area contributed by atoms with Crippen LogP contribution in [-0.4, -0.2) is 4.98 Å². The van der Waals surface area contributed by atoms with Crippen LogP contribution in [0.25, 0.3) is 10.8 Å². The maximum Gasteiger partial charge on any atom is 0.137 e. The number of nitrogens with zero attached hydrogens (tertiary/aromatic N) is 1. The van der Waals surface area contributed by atoms with E-state index in [4.69, 9.17) is 5.73 Å². The first kappa shape index (κ1) is 12.9. The molecule has 0 aliphatic rings. The monoisotopic (exact) mass is 284 g/mol. The highest BCUT2D eigenvalue weighted by atomic mass is 32.2. The molecule has 0 saturated carbocycles. The molecule has 0 amide bonds. The van der Waals surface area contributed by atoms with Gasteiger partial charge in [-0.05, 0) is 37.3 Å². The summed E-state index contributed by atoms with van der Waals surface area (Å²) in [5, 5.41) is 1.91. The molecule has 0 fully saturated rings. The summed E-state index contributed by atoms with van der Waals surface area (Å²) in [5.74, 6) is -0.215. The van der Waals surface area contributed by atoms with E-state index in [1.165, 1.54) is 17.8 Å². The Labute approximate surface area is 120 Å². The van der Waals surface area contributed by atoms with Crippen molar-refractivity contribution in [2.75, 3.05) is 5.73 Å². The molecule has 0 aliphatic heterocycles. The first-order valence-corrected chi connectivity index (χ1v) is 7.04. The summed E-state index contributed by atoms with van der Waals surface area (Å²) >= 11 is 1.40. The Morgan fingerprint density at radius 2 is 1.85 bits per heavy atom. The van der Waals surface area contributed by atoms with E-state index >= 15 is 0 Å². The predicted molar refractivity (Wildman–Crippen MR) is 81.4 cm³/mol. The molecule has 4 heteroatoms. The second kappa shape index (κ2) is 5.13. The number of aromatic nitrogens is 1. The highest BCUT2D eigenvalue weighted by molar-refractivity contribution is 7.99. The van der Waals surface area contributed by atoms with E-state index in [1.54, 1.807) is 18.3 Å². The molecule has 1 aromatic heterocycles. The highest BCUT2D eigenvalue weighted by Crippen LogP contribution is 2.36. The molecule has 0 atom stereocenters. The zero-order chi connectivity index (χ0) is 14.1. The Morgan fingerprint density at radius 1 is 1.05 bits per heavy atom. The number of rotatable bonds is 2. The normalized spacial score (nSPS) is 10.9. The first-order valence-electron chi connectivity index (χ1n) is 6.22. The minimum atomic E-state index is -0.215. The molecule has 0 bridgehead atoms. The molecule has 0 radical (unpaired) electrons. The fourth-order valence-electron chi connectivity index (χ4n) is 2.07. The molecule has 3 rings (SSSR count). The zero-order valence-corrected chi connectivity index (χ0v) is 11.7. The molecule has 0 aliphatic carbocycles. The van der Waals surface area contributed by atoms with Crippen LogP contribution in [-0.2, 0) is 0 Å². The summed E-state index contributed by atoms with van der Waals surface area (Å²) in [6, 6.07) is 12.5. The number of anilines is 1. The third kappa shape index (κ3) is 2.34. The van der Waals surface area contributed by atoms with Crippen molar-refractivity contribution in [3.8, 4) is 0 Å². The number of pyridine rings is 1. The van der Waals surface area contributed by atoms with Gasteiger partial charge in [-0.1, -0.05) is 23.9 Å². The molecule has 20 heavy (non-hydrogen) atoms. The maximum atomic E-state index is 13.8. The quantitative estimate of drug-likeness (QED) is 0.708. The number of halogens is 1. The fourth-order valence-corrected chi connectivity index (χ4v) is 3.04. The largest absolute Gasteiger partial charge is 0.398 e. The van der Waals surface area contributed by atoms with Crippen LogP contribution in [0.2, 0.25) is 0 Å². The number of aryl methyl sites for hydroxylation is 1. The van der Waals surface area contributed by atoms with E-state index < -0.39 is 0 Å². The molecule has 2 N–H and O–H groups in total. The van der Waals surface area contributed by atoms with Gasteiger partial charge in [-0.25, -0.2) is 4.39 Å². The van der Waals surface area contributed by atoms with E-state index in [0.29, 0.717) is 10.6 Å². The van der Waals surface area contributed by atoms with Crippen molar-refractivity contribution in [3.05, 3.63) is 60.2 Å². The summed E-state index contributed by atoms with van der Waals surface area (Å²) in [6.07, 6.45) is 1.77. The zero-order valence-electron chi connectivity index (χ0n) is 10.9. The van der Waals surface area contributed by atoms with Crippen molar-refractivity contribution < 1.29 is 4.39 Å². The van der Waals surface area contributed by atoms with Crippen LogP contribution in [0, 0.1) is 12.7 Å². The Morgan fingerprint density at radius 3 is 2.65 bits per heavy atom. The van der Waals surface area contributed by atoms with Gasteiger partial charge in [0, 0.05) is 38.1 Å². The van der Waals surface area contributed by atoms with Crippen molar-refractivity contribution >= 4 is 28.2 Å². The van der Waals surface area contributed by atoms with Crippen molar-refractivity contribution in [2.24, 2.45) is 0 Å². The molecule has 0 saturated heterocycles. The number of hydrogen-bond acceptors (Lipinski definition) is 3. The maximum absolute atomic E-state index is 13.8. The van der Waals surface area contributed by atoms with E-state index in [0.717, 1.165) is 21.4 Å². The summed E-state index contributed by atoms with van der Waals surface area (Å²) < 4.78 is 13.8. The predicted octanol–water partition coefficient (Wildman–Crippen LogP) is 4.42. The molecular formula is C16H13FN2S. The van der Waals surface area contributed by atoms with E-state index in [9.17, 15) is 4.39 Å². The number of hydrogen-bond donors (Lipinski definition) is 1. The molecule has 2 aromatic carbocycles. The summed E-state index contributed by atoms with van der Waals surface area (Å²) in [6.45, 7) is 1.93. The lowest BCUT2D eigenvalue weighted by Gasteiger charge is -2.09. The molecular weight excluding hydrogens is 271 g/mol. The lowest BCUT2D eigenvalue weighted by atomic mass is 10.1. The van der Waals surface area contributed by atoms with Crippen LogP contribution in [0.15, 0.2) is 58.5 Å². The van der Waals surface area contributed by atoms with Gasteiger partial charge in [-0.2, -0.15) is 0 Å². The number of benzene rings is 2. The van der Waals surface area contributed by atoms with E-state index in [2.05, 4.69) is 4.98 Å². The van der Waals surface area contributed by atoms with Gasteiger partial charge in [-0.3, -0.25) is 4.98 Å².